The highest BCUT2D eigenvalue weighted by Crippen LogP contribution is 2.61. The maximum Gasteiger partial charge on any atom is 0.329 e. The van der Waals surface area contributed by atoms with Gasteiger partial charge in [-0.2, -0.15) is 0 Å². The van der Waals surface area contributed by atoms with E-state index in [0.717, 1.165) is 42.8 Å². The summed E-state index contributed by atoms with van der Waals surface area (Å²) in [5, 5.41) is 2.76. The number of carbonyl (C=O) groups is 4. The van der Waals surface area contributed by atoms with Crippen molar-refractivity contribution in [3.8, 4) is 0 Å². The fourth-order valence-corrected chi connectivity index (χ4v) is 7.00. The molecular formula is C31H27BrN2O5. The summed E-state index contributed by atoms with van der Waals surface area (Å²) >= 11 is 3.46. The highest BCUT2D eigenvalue weighted by Gasteiger charge is 2.62. The molecule has 3 atom stereocenters. The second-order valence-electron chi connectivity index (χ2n) is 10.6. The third-order valence-electron chi connectivity index (χ3n) is 8.34. The van der Waals surface area contributed by atoms with Crippen molar-refractivity contribution in [3.63, 3.8) is 0 Å². The number of halogens is 1. The van der Waals surface area contributed by atoms with Gasteiger partial charge in [0.15, 0.2) is 6.61 Å². The van der Waals surface area contributed by atoms with Crippen LogP contribution in [0, 0.1) is 25.7 Å². The summed E-state index contributed by atoms with van der Waals surface area (Å²) in [5.74, 6) is -3.67. The minimum absolute atomic E-state index is 0.250. The number of esters is 1. The van der Waals surface area contributed by atoms with Crippen LogP contribution in [0.2, 0.25) is 0 Å². The van der Waals surface area contributed by atoms with Gasteiger partial charge < -0.3 is 10.1 Å². The number of likely N-dealkylation sites (tertiary alicyclic amines) is 1. The van der Waals surface area contributed by atoms with Crippen molar-refractivity contribution >= 4 is 45.3 Å². The van der Waals surface area contributed by atoms with E-state index in [4.69, 9.17) is 4.74 Å². The first-order valence-corrected chi connectivity index (χ1v) is 13.8. The SMILES string of the molecule is Cc1cc(NC(=O)COC(=O)[C@H](C)N2C(=O)[C@@H]3C4c5ccccc5C(c5ccccc54)[C@H]3C2=O)c(C)cc1Br. The molecule has 0 unspecified atom stereocenters. The van der Waals surface area contributed by atoms with Gasteiger partial charge in [-0.25, -0.2) is 4.79 Å². The van der Waals surface area contributed by atoms with Gasteiger partial charge in [-0.3, -0.25) is 19.3 Å². The van der Waals surface area contributed by atoms with Crippen molar-refractivity contribution < 1.29 is 23.9 Å². The van der Waals surface area contributed by atoms with Gasteiger partial charge in [0.1, 0.15) is 6.04 Å². The van der Waals surface area contributed by atoms with E-state index >= 15 is 0 Å². The Kier molecular flexibility index (Phi) is 6.18. The first-order chi connectivity index (χ1) is 18.7. The van der Waals surface area contributed by atoms with E-state index in [9.17, 15) is 19.2 Å². The maximum absolute atomic E-state index is 13.8. The lowest BCUT2D eigenvalue weighted by molar-refractivity contribution is -0.159. The molecule has 39 heavy (non-hydrogen) atoms. The number of hydrogen-bond donors (Lipinski definition) is 1. The quantitative estimate of drug-likeness (QED) is 0.341. The Balaban J connectivity index is 1.20. The molecule has 3 amide bonds. The summed E-state index contributed by atoms with van der Waals surface area (Å²) in [7, 11) is 0. The molecule has 0 aromatic heterocycles. The number of imide groups is 1. The van der Waals surface area contributed by atoms with Gasteiger partial charge in [-0.15, -0.1) is 0 Å². The van der Waals surface area contributed by atoms with Crippen molar-refractivity contribution in [2.75, 3.05) is 11.9 Å². The zero-order chi connectivity index (χ0) is 27.6. The molecule has 1 aliphatic heterocycles. The normalized spacial score (nSPS) is 23.1. The molecule has 3 aromatic rings. The Morgan fingerprint density at radius 2 is 1.36 bits per heavy atom. The Labute approximate surface area is 234 Å². The van der Waals surface area contributed by atoms with E-state index in [0.29, 0.717) is 5.69 Å². The fourth-order valence-electron chi connectivity index (χ4n) is 6.55. The summed E-state index contributed by atoms with van der Waals surface area (Å²) in [5.41, 5.74) is 6.69. The van der Waals surface area contributed by atoms with Crippen molar-refractivity contribution in [2.45, 2.75) is 38.6 Å². The number of nitrogens with zero attached hydrogens (tertiary/aromatic N) is 1. The fraction of sp³-hybridized carbons (Fsp3) is 0.290. The molecule has 3 aliphatic carbocycles. The number of anilines is 1. The van der Waals surface area contributed by atoms with Crippen molar-refractivity contribution in [1.82, 2.24) is 4.90 Å². The summed E-state index contributed by atoms with van der Waals surface area (Å²) in [6.07, 6.45) is 0. The van der Waals surface area contributed by atoms with Gasteiger partial charge >= 0.3 is 5.97 Å². The zero-order valence-corrected chi connectivity index (χ0v) is 23.3. The zero-order valence-electron chi connectivity index (χ0n) is 21.7. The van der Waals surface area contributed by atoms with Gasteiger partial charge in [-0.1, -0.05) is 64.5 Å². The Morgan fingerprint density at radius 1 is 0.872 bits per heavy atom. The van der Waals surface area contributed by atoms with Crippen LogP contribution in [0.1, 0.15) is 52.1 Å². The topological polar surface area (TPSA) is 92.8 Å². The van der Waals surface area contributed by atoms with Crippen LogP contribution in [0.3, 0.4) is 0 Å². The largest absolute Gasteiger partial charge is 0.454 e. The standard InChI is InChI=1S/C31H27BrN2O5/c1-15-13-23(16(2)12-22(15)32)33-24(35)14-39-31(38)17(3)34-29(36)27-25-18-8-4-5-9-19(18)26(28(27)30(34)37)21-11-7-6-10-20(21)25/h4-13,17,25-28H,14H2,1-3H3,(H,33,35)/t17-,25?,26?,27+,28+/m0/s1. The molecule has 8 heteroatoms. The molecule has 1 N–H and O–H groups in total. The molecule has 0 radical (unpaired) electrons. The van der Waals surface area contributed by atoms with Gasteiger partial charge in [0, 0.05) is 22.0 Å². The summed E-state index contributed by atoms with van der Waals surface area (Å²) in [6, 6.07) is 18.5. The number of carbonyl (C=O) groups excluding carboxylic acids is 4. The minimum atomic E-state index is -1.15. The van der Waals surface area contributed by atoms with Crippen molar-refractivity contribution in [3.05, 3.63) is 98.5 Å². The van der Waals surface area contributed by atoms with Crippen LogP contribution in [0.4, 0.5) is 5.69 Å². The molecule has 1 fully saturated rings. The molecule has 4 aliphatic rings. The number of aryl methyl sites for hydroxylation is 2. The number of benzene rings is 3. The molecule has 7 nitrogen and oxygen atoms in total. The lowest BCUT2D eigenvalue weighted by Crippen LogP contribution is -2.45. The average molecular weight is 587 g/mol. The predicted molar refractivity (Wildman–Crippen MR) is 148 cm³/mol. The number of nitrogens with one attached hydrogen (secondary N) is 1. The molecule has 2 bridgehead atoms. The summed E-state index contributed by atoms with van der Waals surface area (Å²) in [6.45, 7) is 4.73. The van der Waals surface area contributed by atoms with Crippen molar-refractivity contribution in [1.29, 1.82) is 0 Å². The first kappa shape index (κ1) is 25.5. The maximum atomic E-state index is 13.8. The monoisotopic (exact) mass is 586 g/mol. The van der Waals surface area contributed by atoms with Crippen LogP contribution in [-0.4, -0.2) is 41.2 Å². The van der Waals surface area contributed by atoms with Crippen LogP contribution < -0.4 is 5.32 Å². The van der Waals surface area contributed by atoms with E-state index in [2.05, 4.69) is 21.2 Å². The predicted octanol–water partition coefficient (Wildman–Crippen LogP) is 4.83. The average Bonchev–Trinajstić information content (AvgIpc) is 3.20. The van der Waals surface area contributed by atoms with Crippen LogP contribution in [0.15, 0.2) is 65.1 Å². The molecule has 0 saturated carbocycles. The summed E-state index contributed by atoms with van der Waals surface area (Å²) in [4.78, 5) is 54.2. The number of rotatable bonds is 5. The van der Waals surface area contributed by atoms with Gasteiger partial charge in [0.25, 0.3) is 5.91 Å². The van der Waals surface area contributed by atoms with Gasteiger partial charge in [0.2, 0.25) is 11.8 Å². The molecule has 0 spiro atoms. The molecule has 198 valence electrons. The Morgan fingerprint density at radius 3 is 1.85 bits per heavy atom. The third kappa shape index (κ3) is 3.92. The van der Waals surface area contributed by atoms with Crippen LogP contribution in [0.25, 0.3) is 0 Å². The summed E-state index contributed by atoms with van der Waals surface area (Å²) < 4.78 is 6.21. The highest BCUT2D eigenvalue weighted by molar-refractivity contribution is 9.10. The molecular weight excluding hydrogens is 560 g/mol. The second-order valence-corrected chi connectivity index (χ2v) is 11.4. The Hall–Kier alpha value is -3.78. The molecule has 7 rings (SSSR count). The van der Waals surface area contributed by atoms with E-state index in [1.165, 1.54) is 6.92 Å². The molecule has 3 aromatic carbocycles. The lowest BCUT2D eigenvalue weighted by Gasteiger charge is -2.45. The second kappa shape index (κ2) is 9.45. The van der Waals surface area contributed by atoms with Gasteiger partial charge in [0.05, 0.1) is 11.8 Å². The minimum Gasteiger partial charge on any atom is -0.454 e. The van der Waals surface area contributed by atoms with E-state index < -0.39 is 36.4 Å². The van der Waals surface area contributed by atoms with Crippen LogP contribution in [0.5, 0.6) is 0 Å². The van der Waals surface area contributed by atoms with Crippen LogP contribution in [-0.2, 0) is 23.9 Å². The molecule has 1 saturated heterocycles. The number of ether oxygens (including phenoxy) is 1. The number of hydrogen-bond acceptors (Lipinski definition) is 5. The third-order valence-corrected chi connectivity index (χ3v) is 9.19. The highest BCUT2D eigenvalue weighted by atomic mass is 79.9. The number of amides is 3. The smallest absolute Gasteiger partial charge is 0.329 e. The van der Waals surface area contributed by atoms with Crippen molar-refractivity contribution in [2.24, 2.45) is 11.8 Å². The van der Waals surface area contributed by atoms with E-state index in [1.54, 1.807) is 0 Å². The van der Waals surface area contributed by atoms with Gasteiger partial charge in [-0.05, 0) is 66.3 Å². The Bertz CT molecular complexity index is 1450. The van der Waals surface area contributed by atoms with E-state index in [1.807, 2.05) is 74.5 Å². The van der Waals surface area contributed by atoms with E-state index in [-0.39, 0.29) is 23.7 Å². The van der Waals surface area contributed by atoms with Crippen LogP contribution >= 0.6 is 15.9 Å². The molecule has 1 heterocycles. The first-order valence-electron chi connectivity index (χ1n) is 13.0. The lowest BCUT2D eigenvalue weighted by atomic mass is 9.55.